The van der Waals surface area contributed by atoms with E-state index in [1.807, 2.05) is 62.9 Å². The van der Waals surface area contributed by atoms with Crippen LogP contribution in [0, 0.1) is 5.41 Å². The Balaban J connectivity index is 2.41. The summed E-state index contributed by atoms with van der Waals surface area (Å²) in [5.74, 6) is -0.534. The fourth-order valence-electron chi connectivity index (χ4n) is 2.82. The summed E-state index contributed by atoms with van der Waals surface area (Å²) in [5.41, 5.74) is 1.48. The average molecular weight is 277 g/mol. The second-order valence-electron chi connectivity index (χ2n) is 5.37. The van der Waals surface area contributed by atoms with E-state index in [2.05, 4.69) is 0 Å². The number of allylic oxidation sites excluding steroid dienone is 1. The third kappa shape index (κ3) is 1.91. The maximum atomic E-state index is 10.9. The lowest BCUT2D eigenvalue weighted by Gasteiger charge is -2.62. The first-order valence-corrected chi connectivity index (χ1v) is 6.89. The molecule has 0 radical (unpaired) electrons. The molecule has 1 aliphatic rings. The Morgan fingerprint density at radius 3 is 2.30 bits per heavy atom. The topological polar surface area (TPSA) is 41.9 Å². The molecule has 0 saturated carbocycles. The van der Waals surface area contributed by atoms with Gasteiger partial charge in [-0.3, -0.25) is 4.90 Å². The normalized spacial score (nSPS) is 26.5. The third-order valence-electron chi connectivity index (χ3n) is 3.95. The third-order valence-corrected chi connectivity index (χ3v) is 3.95. The van der Waals surface area contributed by atoms with E-state index in [1.54, 1.807) is 7.11 Å². The number of hydrogen-bond donors (Lipinski definition) is 1. The predicted octanol–water partition coefficient (Wildman–Crippen LogP) is 3.13. The van der Waals surface area contributed by atoms with Crippen LogP contribution in [0.15, 0.2) is 36.0 Å². The van der Waals surface area contributed by atoms with Crippen molar-refractivity contribution in [2.45, 2.75) is 33.6 Å². The Morgan fingerprint density at radius 2 is 1.85 bits per heavy atom. The van der Waals surface area contributed by atoms with Gasteiger partial charge in [-0.15, -0.1) is 0 Å². The fourth-order valence-corrected chi connectivity index (χ4v) is 2.82. The Bertz CT molecular complexity index is 507. The van der Waals surface area contributed by atoms with Gasteiger partial charge in [0.05, 0.1) is 12.5 Å². The van der Waals surface area contributed by atoms with Gasteiger partial charge in [0, 0.05) is 18.0 Å². The molecule has 110 valence electrons. The second-order valence-corrected chi connectivity index (χ2v) is 5.37. The van der Waals surface area contributed by atoms with Gasteiger partial charge in [-0.2, -0.15) is 0 Å². The lowest BCUT2D eigenvalue weighted by molar-refractivity contribution is -0.283. The van der Waals surface area contributed by atoms with Crippen LogP contribution >= 0.6 is 0 Å². The van der Waals surface area contributed by atoms with Crippen molar-refractivity contribution in [2.75, 3.05) is 18.6 Å². The van der Waals surface area contributed by atoms with E-state index < -0.39 is 11.3 Å². The smallest absolute Gasteiger partial charge is 0.264 e. The second kappa shape index (κ2) is 5.11. The van der Waals surface area contributed by atoms with Crippen molar-refractivity contribution in [1.82, 2.24) is 0 Å². The quantitative estimate of drug-likeness (QED) is 0.859. The van der Waals surface area contributed by atoms with Crippen LogP contribution in [0.25, 0.3) is 0 Å². The van der Waals surface area contributed by atoms with Gasteiger partial charge < -0.3 is 14.6 Å². The molecule has 0 spiro atoms. The van der Waals surface area contributed by atoms with Crippen LogP contribution in [-0.2, 0) is 4.74 Å². The average Bonchev–Trinajstić information content (AvgIpc) is 2.44. The molecular weight excluding hydrogens is 254 g/mol. The maximum Gasteiger partial charge on any atom is 0.264 e. The molecule has 20 heavy (non-hydrogen) atoms. The van der Waals surface area contributed by atoms with Crippen LogP contribution in [-0.4, -0.2) is 24.7 Å². The number of anilines is 1. The van der Waals surface area contributed by atoms with Crippen LogP contribution in [0.4, 0.5) is 5.69 Å². The minimum Gasteiger partial charge on any atom is -0.497 e. The molecule has 0 aromatic heterocycles. The molecule has 1 N–H and O–H groups in total. The molecule has 0 amide bonds. The van der Waals surface area contributed by atoms with E-state index in [4.69, 9.17) is 9.47 Å². The molecule has 1 aromatic rings. The van der Waals surface area contributed by atoms with E-state index in [0.717, 1.165) is 17.1 Å². The molecule has 1 heterocycles. The summed E-state index contributed by atoms with van der Waals surface area (Å²) < 4.78 is 10.8. The van der Waals surface area contributed by atoms with E-state index >= 15 is 0 Å². The number of hydrogen-bond acceptors (Lipinski definition) is 4. The number of benzene rings is 1. The molecule has 4 heteroatoms. The van der Waals surface area contributed by atoms with Gasteiger partial charge in [-0.25, -0.2) is 0 Å². The van der Waals surface area contributed by atoms with Crippen molar-refractivity contribution in [1.29, 1.82) is 0 Å². The summed E-state index contributed by atoms with van der Waals surface area (Å²) in [6.45, 7) is 8.27. The largest absolute Gasteiger partial charge is 0.497 e. The van der Waals surface area contributed by atoms with Crippen molar-refractivity contribution in [3.63, 3.8) is 0 Å². The molecule has 2 rings (SSSR count). The van der Waals surface area contributed by atoms with Crippen LogP contribution in [0.2, 0.25) is 0 Å². The van der Waals surface area contributed by atoms with Crippen molar-refractivity contribution < 1.29 is 14.6 Å². The number of ether oxygens (including phenoxy) is 2. The van der Waals surface area contributed by atoms with Crippen molar-refractivity contribution in [3.05, 3.63) is 36.0 Å². The van der Waals surface area contributed by atoms with Crippen molar-refractivity contribution >= 4 is 5.69 Å². The first-order valence-electron chi connectivity index (χ1n) is 6.89. The zero-order chi connectivity index (χ0) is 15.0. The Hall–Kier alpha value is -1.52. The van der Waals surface area contributed by atoms with E-state index in [-0.39, 0.29) is 0 Å². The molecule has 1 atom stereocenters. The zero-order valence-electron chi connectivity index (χ0n) is 12.8. The highest BCUT2D eigenvalue weighted by Gasteiger charge is 2.64. The summed E-state index contributed by atoms with van der Waals surface area (Å²) in [6.07, 6.45) is 2.01. The van der Waals surface area contributed by atoms with Gasteiger partial charge in [0.25, 0.3) is 5.91 Å². The van der Waals surface area contributed by atoms with Gasteiger partial charge in [0.15, 0.2) is 0 Å². The standard InChI is InChI=1S/C16H23NO3/c1-6-14-15(3,4)16(18,20-7-2)17(14)12-8-10-13(19-5)11-9-12/h6,8-11,18H,7H2,1-5H3/b14-6-. The minimum absolute atomic E-state index is 0.447. The fraction of sp³-hybridized carbons (Fsp3) is 0.500. The Kier molecular flexibility index (Phi) is 3.80. The van der Waals surface area contributed by atoms with Gasteiger partial charge in [0.2, 0.25) is 0 Å². The minimum atomic E-state index is -1.32. The molecule has 1 aromatic carbocycles. The van der Waals surface area contributed by atoms with E-state index in [1.165, 1.54) is 0 Å². The monoisotopic (exact) mass is 277 g/mol. The van der Waals surface area contributed by atoms with Crippen LogP contribution in [0.1, 0.15) is 27.7 Å². The van der Waals surface area contributed by atoms with E-state index in [9.17, 15) is 5.11 Å². The summed E-state index contributed by atoms with van der Waals surface area (Å²) in [7, 11) is 1.63. The molecule has 1 fully saturated rings. The highest BCUT2D eigenvalue weighted by molar-refractivity contribution is 5.62. The zero-order valence-corrected chi connectivity index (χ0v) is 12.8. The first-order chi connectivity index (χ1) is 9.42. The molecular formula is C16H23NO3. The van der Waals surface area contributed by atoms with Crippen molar-refractivity contribution in [3.8, 4) is 5.75 Å². The van der Waals surface area contributed by atoms with Crippen LogP contribution in [0.3, 0.4) is 0 Å². The van der Waals surface area contributed by atoms with Crippen molar-refractivity contribution in [2.24, 2.45) is 5.41 Å². The Morgan fingerprint density at radius 1 is 1.25 bits per heavy atom. The van der Waals surface area contributed by atoms with Crippen LogP contribution in [0.5, 0.6) is 5.75 Å². The number of aliphatic hydroxyl groups is 1. The predicted molar refractivity (Wildman–Crippen MR) is 79.6 cm³/mol. The SMILES string of the molecule is C/C=C1\N(c2ccc(OC)cc2)C(O)(OCC)C1(C)C. The van der Waals surface area contributed by atoms with Crippen LogP contribution < -0.4 is 9.64 Å². The van der Waals surface area contributed by atoms with Gasteiger partial charge in [0.1, 0.15) is 5.75 Å². The summed E-state index contributed by atoms with van der Waals surface area (Å²) in [6, 6.07) is 7.59. The molecule has 0 bridgehead atoms. The van der Waals surface area contributed by atoms with Gasteiger partial charge in [-0.1, -0.05) is 6.08 Å². The summed E-state index contributed by atoms with van der Waals surface area (Å²) in [4.78, 5) is 1.83. The summed E-state index contributed by atoms with van der Waals surface area (Å²) >= 11 is 0. The molecule has 1 unspecified atom stereocenters. The summed E-state index contributed by atoms with van der Waals surface area (Å²) in [5, 5.41) is 10.9. The lowest BCUT2D eigenvalue weighted by Crippen LogP contribution is -2.72. The number of methoxy groups -OCH3 is 1. The number of nitrogens with zero attached hydrogens (tertiary/aromatic N) is 1. The molecule has 0 aliphatic carbocycles. The number of rotatable bonds is 4. The lowest BCUT2D eigenvalue weighted by atomic mass is 9.73. The van der Waals surface area contributed by atoms with E-state index in [0.29, 0.717) is 6.61 Å². The Labute approximate surface area is 120 Å². The molecule has 1 aliphatic heterocycles. The highest BCUT2D eigenvalue weighted by Crippen LogP contribution is 2.56. The first kappa shape index (κ1) is 14.9. The molecule has 1 saturated heterocycles. The van der Waals surface area contributed by atoms with Gasteiger partial charge >= 0.3 is 0 Å². The van der Waals surface area contributed by atoms with Gasteiger partial charge in [-0.05, 0) is 52.0 Å². The molecule has 4 nitrogen and oxygen atoms in total. The maximum absolute atomic E-state index is 10.9. The highest BCUT2D eigenvalue weighted by atomic mass is 16.7.